The number of fused-ring (bicyclic) bond motifs is 3. The van der Waals surface area contributed by atoms with Gasteiger partial charge in [-0.25, -0.2) is 4.39 Å². The Balaban J connectivity index is 1.72. The smallest absolute Gasteiger partial charge is 0.250 e. The lowest BCUT2D eigenvalue weighted by Gasteiger charge is -2.36. The highest BCUT2D eigenvalue weighted by molar-refractivity contribution is 6.31. The van der Waals surface area contributed by atoms with Crippen LogP contribution >= 0.6 is 23.2 Å². The van der Waals surface area contributed by atoms with Gasteiger partial charge in [-0.15, -0.1) is 0 Å². The van der Waals surface area contributed by atoms with Crippen molar-refractivity contribution in [3.63, 3.8) is 0 Å². The Morgan fingerprint density at radius 1 is 1.32 bits per heavy atom. The molecular formula is C22H20Cl2FN3O3. The first-order chi connectivity index (χ1) is 14.9. The topological polar surface area (TPSA) is 70.7 Å². The first-order valence-corrected chi connectivity index (χ1v) is 10.8. The molecular weight excluding hydrogens is 444 g/mol. The normalized spacial score (nSPS) is 28.7. The number of carbonyl (C=O) groups excluding carboxylic acids is 2. The fraction of sp³-hybridized carbons (Fsp3) is 0.364. The molecule has 1 spiro atoms. The predicted octanol–water partition coefficient (Wildman–Crippen LogP) is 3.28. The molecule has 2 N–H and O–H groups in total. The standard InChI is InChI=1S/C22H20Cl2FN3O3/c1-31-10-17(29)28-8-7-15-20(28)18(12-3-2-4-14(24)19(12)25)22(27-15)13-6-5-11(23)9-16(13)26-21(22)30/h2-6,9,15,18,20,27H,7-8,10H2,1H3,(H,26,30)/t15-,18-,20?,22+/m0/s1. The maximum atomic E-state index is 15.3. The summed E-state index contributed by atoms with van der Waals surface area (Å²) in [5.74, 6) is -1.78. The zero-order chi connectivity index (χ0) is 21.9. The Kier molecular flexibility index (Phi) is 4.97. The first kappa shape index (κ1) is 20.7. The molecule has 5 rings (SSSR count). The van der Waals surface area contributed by atoms with Crippen LogP contribution in [0.25, 0.3) is 0 Å². The number of anilines is 1. The molecule has 3 heterocycles. The van der Waals surface area contributed by atoms with Crippen molar-refractivity contribution >= 4 is 40.7 Å². The van der Waals surface area contributed by atoms with Gasteiger partial charge in [-0.2, -0.15) is 0 Å². The third-order valence-electron chi connectivity index (χ3n) is 6.59. The van der Waals surface area contributed by atoms with Crippen LogP contribution in [-0.4, -0.2) is 49.1 Å². The van der Waals surface area contributed by atoms with Crippen molar-refractivity contribution in [3.05, 3.63) is 63.4 Å². The van der Waals surface area contributed by atoms with E-state index in [0.717, 1.165) is 0 Å². The van der Waals surface area contributed by atoms with Crippen molar-refractivity contribution in [1.29, 1.82) is 0 Å². The number of nitrogens with zero attached hydrogens (tertiary/aromatic N) is 1. The van der Waals surface area contributed by atoms with Crippen LogP contribution in [0.4, 0.5) is 10.1 Å². The van der Waals surface area contributed by atoms with E-state index < -0.39 is 23.3 Å². The van der Waals surface area contributed by atoms with E-state index >= 15 is 4.39 Å². The number of carbonyl (C=O) groups is 2. The number of ether oxygens (including phenoxy) is 1. The van der Waals surface area contributed by atoms with Crippen LogP contribution in [0.2, 0.25) is 10.0 Å². The molecule has 2 aromatic rings. The van der Waals surface area contributed by atoms with Crippen LogP contribution in [0.1, 0.15) is 23.5 Å². The molecule has 2 fully saturated rings. The molecule has 3 aliphatic rings. The van der Waals surface area contributed by atoms with E-state index in [9.17, 15) is 9.59 Å². The molecule has 31 heavy (non-hydrogen) atoms. The molecule has 3 aliphatic heterocycles. The highest BCUT2D eigenvalue weighted by Gasteiger charge is 2.65. The molecule has 2 amide bonds. The first-order valence-electron chi connectivity index (χ1n) is 10.00. The molecule has 0 saturated carbocycles. The maximum absolute atomic E-state index is 15.3. The minimum atomic E-state index is -1.26. The van der Waals surface area contributed by atoms with Crippen LogP contribution in [0.5, 0.6) is 0 Å². The number of halogens is 3. The van der Waals surface area contributed by atoms with Gasteiger partial charge in [-0.1, -0.05) is 41.4 Å². The van der Waals surface area contributed by atoms with Gasteiger partial charge in [0.1, 0.15) is 18.0 Å². The van der Waals surface area contributed by atoms with Crippen LogP contribution < -0.4 is 10.6 Å². The maximum Gasteiger partial charge on any atom is 0.250 e. The zero-order valence-electron chi connectivity index (χ0n) is 16.6. The number of hydrogen-bond acceptors (Lipinski definition) is 4. The average Bonchev–Trinajstić information content (AvgIpc) is 3.35. The summed E-state index contributed by atoms with van der Waals surface area (Å²) in [6, 6.07) is 9.29. The Labute approximate surface area is 188 Å². The minimum absolute atomic E-state index is 0.0291. The summed E-state index contributed by atoms with van der Waals surface area (Å²) in [4.78, 5) is 28.0. The van der Waals surface area contributed by atoms with Crippen molar-refractivity contribution in [1.82, 2.24) is 10.2 Å². The van der Waals surface area contributed by atoms with Crippen LogP contribution in [0.15, 0.2) is 36.4 Å². The molecule has 4 atom stereocenters. The predicted molar refractivity (Wildman–Crippen MR) is 115 cm³/mol. The largest absolute Gasteiger partial charge is 0.375 e. The van der Waals surface area contributed by atoms with Crippen molar-refractivity contribution in [2.75, 3.05) is 25.6 Å². The third-order valence-corrected chi connectivity index (χ3v) is 7.12. The van der Waals surface area contributed by atoms with E-state index in [1.54, 1.807) is 35.2 Å². The van der Waals surface area contributed by atoms with Gasteiger partial charge in [0, 0.05) is 41.9 Å². The Morgan fingerprint density at radius 2 is 2.13 bits per heavy atom. The van der Waals surface area contributed by atoms with Gasteiger partial charge in [0.15, 0.2) is 0 Å². The number of methoxy groups -OCH3 is 1. The van der Waals surface area contributed by atoms with Gasteiger partial charge in [0.2, 0.25) is 11.8 Å². The van der Waals surface area contributed by atoms with Gasteiger partial charge in [-0.05, 0) is 30.2 Å². The molecule has 162 valence electrons. The van der Waals surface area contributed by atoms with E-state index in [4.69, 9.17) is 27.9 Å². The number of likely N-dealkylation sites (tertiary alicyclic amines) is 1. The van der Waals surface area contributed by atoms with Crippen LogP contribution in [-0.2, 0) is 19.9 Å². The van der Waals surface area contributed by atoms with Crippen molar-refractivity contribution < 1.29 is 18.7 Å². The van der Waals surface area contributed by atoms with Gasteiger partial charge < -0.3 is 15.0 Å². The molecule has 0 radical (unpaired) electrons. The molecule has 2 saturated heterocycles. The summed E-state index contributed by atoms with van der Waals surface area (Å²) >= 11 is 12.3. The number of rotatable bonds is 3. The van der Waals surface area contributed by atoms with Crippen LogP contribution in [0, 0.1) is 5.82 Å². The highest BCUT2D eigenvalue weighted by Crippen LogP contribution is 2.55. The Morgan fingerprint density at radius 3 is 2.90 bits per heavy atom. The molecule has 9 heteroatoms. The summed E-state index contributed by atoms with van der Waals surface area (Å²) < 4.78 is 20.4. The summed E-state index contributed by atoms with van der Waals surface area (Å²) in [5.41, 5.74) is 0.293. The second-order valence-corrected chi connectivity index (χ2v) is 8.97. The summed E-state index contributed by atoms with van der Waals surface area (Å²) in [6.07, 6.45) is 0.636. The SMILES string of the molecule is COCC(=O)N1CC[C@@H]2N[C@@]3(C(=O)Nc4cc(Cl)ccc43)[C@@H](c3cccc(Cl)c3F)C21. The molecule has 1 unspecified atom stereocenters. The lowest BCUT2D eigenvalue weighted by Crippen LogP contribution is -2.50. The fourth-order valence-corrected chi connectivity index (χ4v) is 5.81. The molecule has 0 aliphatic carbocycles. The van der Waals surface area contributed by atoms with E-state index in [2.05, 4.69) is 10.6 Å². The molecule has 2 aromatic carbocycles. The molecule has 0 aromatic heterocycles. The Hall–Kier alpha value is -2.19. The Bertz CT molecular complexity index is 1100. The monoisotopic (exact) mass is 463 g/mol. The average molecular weight is 464 g/mol. The fourth-order valence-electron chi connectivity index (χ4n) is 5.46. The summed E-state index contributed by atoms with van der Waals surface area (Å²) in [6.45, 7) is 0.410. The minimum Gasteiger partial charge on any atom is -0.375 e. The van der Waals surface area contributed by atoms with E-state index in [1.807, 2.05) is 0 Å². The number of benzene rings is 2. The second-order valence-electron chi connectivity index (χ2n) is 8.12. The van der Waals surface area contributed by atoms with Crippen molar-refractivity contribution in [3.8, 4) is 0 Å². The van der Waals surface area contributed by atoms with Crippen LogP contribution in [0.3, 0.4) is 0 Å². The van der Waals surface area contributed by atoms with Gasteiger partial charge in [-0.3, -0.25) is 14.9 Å². The number of amides is 2. The summed E-state index contributed by atoms with van der Waals surface area (Å²) in [5, 5.41) is 6.82. The third kappa shape index (κ3) is 2.91. The van der Waals surface area contributed by atoms with E-state index in [-0.39, 0.29) is 29.5 Å². The summed E-state index contributed by atoms with van der Waals surface area (Å²) in [7, 11) is 1.46. The second kappa shape index (κ2) is 7.45. The van der Waals surface area contributed by atoms with Gasteiger partial charge >= 0.3 is 0 Å². The highest BCUT2D eigenvalue weighted by atomic mass is 35.5. The van der Waals surface area contributed by atoms with Crippen molar-refractivity contribution in [2.24, 2.45) is 0 Å². The van der Waals surface area contributed by atoms with Gasteiger partial charge in [0.25, 0.3) is 0 Å². The lowest BCUT2D eigenvalue weighted by molar-refractivity contribution is -0.136. The number of nitrogens with one attached hydrogen (secondary N) is 2. The number of hydrogen-bond donors (Lipinski definition) is 2. The van der Waals surface area contributed by atoms with E-state index in [1.165, 1.54) is 13.2 Å². The molecule has 6 nitrogen and oxygen atoms in total. The molecule has 0 bridgehead atoms. The van der Waals surface area contributed by atoms with Crippen molar-refractivity contribution in [2.45, 2.75) is 30.0 Å². The lowest BCUT2D eigenvalue weighted by atomic mass is 9.74. The van der Waals surface area contributed by atoms with E-state index in [0.29, 0.717) is 34.8 Å². The zero-order valence-corrected chi connectivity index (χ0v) is 18.1. The van der Waals surface area contributed by atoms with Gasteiger partial charge in [0.05, 0.1) is 11.1 Å². The quantitative estimate of drug-likeness (QED) is 0.732.